The quantitative estimate of drug-likeness (QED) is 0.856. The summed E-state index contributed by atoms with van der Waals surface area (Å²) in [5.74, 6) is 1.24. The molecule has 0 radical (unpaired) electrons. The van der Waals surface area contributed by atoms with Gasteiger partial charge in [-0.2, -0.15) is 0 Å². The highest BCUT2D eigenvalue weighted by atomic mass is 35.5. The minimum atomic E-state index is 0. The predicted molar refractivity (Wildman–Crippen MR) is 87.7 cm³/mol. The third kappa shape index (κ3) is 5.06. The molecule has 0 spiro atoms. The summed E-state index contributed by atoms with van der Waals surface area (Å²) >= 11 is 0. The Morgan fingerprint density at radius 1 is 1.30 bits per heavy atom. The number of carbonyl (C=O) groups is 1. The Morgan fingerprint density at radius 2 is 2.00 bits per heavy atom. The van der Waals surface area contributed by atoms with Gasteiger partial charge in [-0.25, -0.2) is 0 Å². The number of hydrogen-bond donors (Lipinski definition) is 1. The van der Waals surface area contributed by atoms with Crippen LogP contribution in [0.4, 0.5) is 0 Å². The summed E-state index contributed by atoms with van der Waals surface area (Å²) < 4.78 is 0. The van der Waals surface area contributed by atoms with E-state index in [0.717, 1.165) is 51.9 Å². The first-order chi connectivity index (χ1) is 8.60. The molecule has 0 bridgehead atoms. The lowest BCUT2D eigenvalue weighted by atomic mass is 10.1. The summed E-state index contributed by atoms with van der Waals surface area (Å²) in [6.45, 7) is 6.28. The normalized spacial score (nSPS) is 29.2. The van der Waals surface area contributed by atoms with Crippen molar-refractivity contribution in [2.75, 3.05) is 33.2 Å². The van der Waals surface area contributed by atoms with Crippen molar-refractivity contribution in [2.24, 2.45) is 17.6 Å². The molecule has 4 nitrogen and oxygen atoms in total. The Bertz CT molecular complexity index is 304. The average molecular weight is 326 g/mol. The van der Waals surface area contributed by atoms with Crippen LogP contribution in [0.1, 0.15) is 32.6 Å². The summed E-state index contributed by atoms with van der Waals surface area (Å²) in [6, 6.07) is 0.253. The van der Waals surface area contributed by atoms with Gasteiger partial charge < -0.3 is 15.5 Å². The van der Waals surface area contributed by atoms with Crippen LogP contribution in [0.5, 0.6) is 0 Å². The summed E-state index contributed by atoms with van der Waals surface area (Å²) in [4.78, 5) is 16.8. The minimum absolute atomic E-state index is 0. The summed E-state index contributed by atoms with van der Waals surface area (Å²) in [5.41, 5.74) is 5.90. The van der Waals surface area contributed by atoms with E-state index in [-0.39, 0.29) is 36.8 Å². The Hall–Kier alpha value is -0.0300. The smallest absolute Gasteiger partial charge is 0.225 e. The highest BCUT2D eigenvalue weighted by molar-refractivity contribution is 5.85. The first-order valence-electron chi connectivity index (χ1n) is 7.33. The number of nitrogens with two attached hydrogens (primary N) is 1. The molecule has 1 amide bonds. The molecule has 20 heavy (non-hydrogen) atoms. The molecule has 2 fully saturated rings. The molecule has 120 valence electrons. The number of halogens is 2. The largest absolute Gasteiger partial charge is 0.342 e. The molecule has 1 saturated carbocycles. The van der Waals surface area contributed by atoms with E-state index in [9.17, 15) is 4.79 Å². The second-order valence-electron chi connectivity index (χ2n) is 6.06. The molecule has 1 aliphatic heterocycles. The van der Waals surface area contributed by atoms with Crippen molar-refractivity contribution >= 4 is 30.7 Å². The van der Waals surface area contributed by atoms with E-state index in [4.69, 9.17) is 5.73 Å². The van der Waals surface area contributed by atoms with Crippen LogP contribution in [0.3, 0.4) is 0 Å². The zero-order chi connectivity index (χ0) is 13.1. The maximum Gasteiger partial charge on any atom is 0.225 e. The van der Waals surface area contributed by atoms with Crippen molar-refractivity contribution in [2.45, 2.75) is 38.6 Å². The lowest BCUT2D eigenvalue weighted by Gasteiger charge is -2.22. The summed E-state index contributed by atoms with van der Waals surface area (Å²) in [7, 11) is 2.15. The van der Waals surface area contributed by atoms with Crippen LogP contribution in [0, 0.1) is 11.8 Å². The van der Waals surface area contributed by atoms with Gasteiger partial charge in [-0.05, 0) is 45.2 Å². The highest BCUT2D eigenvalue weighted by Gasteiger charge is 2.34. The fourth-order valence-electron chi connectivity index (χ4n) is 3.25. The molecule has 6 heteroatoms. The van der Waals surface area contributed by atoms with Crippen molar-refractivity contribution in [3.8, 4) is 0 Å². The van der Waals surface area contributed by atoms with E-state index in [1.807, 2.05) is 0 Å². The number of likely N-dealkylation sites (tertiary alicyclic amines) is 1. The molecule has 1 heterocycles. The van der Waals surface area contributed by atoms with Crippen LogP contribution >= 0.6 is 24.8 Å². The Morgan fingerprint density at radius 3 is 2.55 bits per heavy atom. The number of nitrogens with zero attached hydrogens (tertiary/aromatic N) is 2. The SMILES string of the molecule is CCN(C)CC1CCN(C(=O)C2CCC(N)C2)C1.Cl.Cl. The third-order valence-electron chi connectivity index (χ3n) is 4.53. The van der Waals surface area contributed by atoms with Gasteiger partial charge in [0.25, 0.3) is 0 Å². The molecule has 3 atom stereocenters. The van der Waals surface area contributed by atoms with Gasteiger partial charge >= 0.3 is 0 Å². The lowest BCUT2D eigenvalue weighted by Crippen LogP contribution is -2.35. The first-order valence-corrected chi connectivity index (χ1v) is 7.33. The number of amides is 1. The van der Waals surface area contributed by atoms with E-state index in [2.05, 4.69) is 23.8 Å². The van der Waals surface area contributed by atoms with Crippen LogP contribution in [0.25, 0.3) is 0 Å². The van der Waals surface area contributed by atoms with Crippen LogP contribution in [0.2, 0.25) is 0 Å². The Kier molecular flexibility index (Phi) is 9.07. The van der Waals surface area contributed by atoms with Gasteiger partial charge in [-0.15, -0.1) is 24.8 Å². The van der Waals surface area contributed by atoms with Crippen LogP contribution in [-0.4, -0.2) is 55.0 Å². The molecule has 0 aromatic heterocycles. The van der Waals surface area contributed by atoms with E-state index in [0.29, 0.717) is 11.8 Å². The lowest BCUT2D eigenvalue weighted by molar-refractivity contribution is -0.134. The monoisotopic (exact) mass is 325 g/mol. The third-order valence-corrected chi connectivity index (χ3v) is 4.53. The van der Waals surface area contributed by atoms with Crippen LogP contribution in [-0.2, 0) is 4.79 Å². The Labute approximate surface area is 135 Å². The summed E-state index contributed by atoms with van der Waals surface area (Å²) in [6.07, 6.45) is 4.08. The molecular weight excluding hydrogens is 297 g/mol. The van der Waals surface area contributed by atoms with Crippen molar-refractivity contribution < 1.29 is 4.79 Å². The van der Waals surface area contributed by atoms with E-state index in [1.54, 1.807) is 0 Å². The highest BCUT2D eigenvalue weighted by Crippen LogP contribution is 2.28. The van der Waals surface area contributed by atoms with Crippen LogP contribution in [0.15, 0.2) is 0 Å². The minimum Gasteiger partial charge on any atom is -0.342 e. The molecule has 3 unspecified atom stereocenters. The van der Waals surface area contributed by atoms with Crippen molar-refractivity contribution in [1.82, 2.24) is 9.80 Å². The molecule has 2 N–H and O–H groups in total. The maximum absolute atomic E-state index is 12.4. The molecule has 2 rings (SSSR count). The maximum atomic E-state index is 12.4. The number of rotatable bonds is 4. The molecule has 2 aliphatic rings. The Balaban J connectivity index is 0.00000180. The standard InChI is InChI=1S/C14H27N3O.2ClH/c1-3-16(2)9-11-6-7-17(10-11)14(18)12-4-5-13(15)8-12;;/h11-13H,3-10,15H2,1-2H3;2*1H. The predicted octanol–water partition coefficient (Wildman–Crippen LogP) is 1.76. The second kappa shape index (κ2) is 9.08. The van der Waals surface area contributed by atoms with Crippen molar-refractivity contribution in [3.05, 3.63) is 0 Å². The van der Waals surface area contributed by atoms with Gasteiger partial charge in [0.15, 0.2) is 0 Å². The zero-order valence-corrected chi connectivity index (χ0v) is 14.2. The van der Waals surface area contributed by atoms with Gasteiger partial charge in [0, 0.05) is 31.6 Å². The fraction of sp³-hybridized carbons (Fsp3) is 0.929. The summed E-state index contributed by atoms with van der Waals surface area (Å²) in [5, 5.41) is 0. The number of carbonyl (C=O) groups excluding carboxylic acids is 1. The van der Waals surface area contributed by atoms with Gasteiger partial charge in [0.2, 0.25) is 5.91 Å². The topological polar surface area (TPSA) is 49.6 Å². The van der Waals surface area contributed by atoms with Crippen molar-refractivity contribution in [1.29, 1.82) is 0 Å². The molecule has 1 saturated heterocycles. The molecule has 0 aromatic carbocycles. The first kappa shape index (κ1) is 20.0. The molecule has 0 aromatic rings. The van der Waals surface area contributed by atoms with E-state index >= 15 is 0 Å². The second-order valence-corrected chi connectivity index (χ2v) is 6.06. The average Bonchev–Trinajstić information content (AvgIpc) is 2.97. The fourth-order valence-corrected chi connectivity index (χ4v) is 3.25. The zero-order valence-electron chi connectivity index (χ0n) is 12.6. The molecular formula is C14H29Cl2N3O. The van der Waals surface area contributed by atoms with Gasteiger partial charge in [0.1, 0.15) is 0 Å². The molecule has 1 aliphatic carbocycles. The van der Waals surface area contributed by atoms with Crippen LogP contribution < -0.4 is 5.73 Å². The van der Waals surface area contributed by atoms with Gasteiger partial charge in [-0.1, -0.05) is 6.92 Å². The van der Waals surface area contributed by atoms with E-state index < -0.39 is 0 Å². The van der Waals surface area contributed by atoms with E-state index in [1.165, 1.54) is 0 Å². The van der Waals surface area contributed by atoms with Crippen molar-refractivity contribution in [3.63, 3.8) is 0 Å². The number of hydrogen-bond acceptors (Lipinski definition) is 3. The van der Waals surface area contributed by atoms with Gasteiger partial charge in [0.05, 0.1) is 0 Å². The van der Waals surface area contributed by atoms with Gasteiger partial charge in [-0.3, -0.25) is 4.79 Å².